The van der Waals surface area contributed by atoms with Gasteiger partial charge in [0.25, 0.3) is 5.91 Å². The van der Waals surface area contributed by atoms with Gasteiger partial charge in [0.1, 0.15) is 0 Å². The monoisotopic (exact) mass is 310 g/mol. The number of carbonyl (C=O) groups is 2. The molecule has 1 unspecified atom stereocenters. The number of nitrogens with two attached hydrogens (primary N) is 1. The van der Waals surface area contributed by atoms with Crippen LogP contribution in [-0.2, 0) is 9.59 Å². The highest BCUT2D eigenvalue weighted by molar-refractivity contribution is 6.21. The molecule has 0 aromatic carbocycles. The number of aliphatic hydroxyl groups is 1. The van der Waals surface area contributed by atoms with Gasteiger partial charge in [0, 0.05) is 5.92 Å². The van der Waals surface area contributed by atoms with Crippen molar-refractivity contribution in [3.05, 3.63) is 11.6 Å². The summed E-state index contributed by atoms with van der Waals surface area (Å²) >= 11 is 0. The Morgan fingerprint density at radius 2 is 1.68 bits per heavy atom. The van der Waals surface area contributed by atoms with E-state index in [2.05, 4.69) is 0 Å². The van der Waals surface area contributed by atoms with Crippen LogP contribution in [0.3, 0.4) is 0 Å². The second-order valence-corrected chi connectivity index (χ2v) is 8.61. The molecule has 3 N–H and O–H groups in total. The van der Waals surface area contributed by atoms with Crippen LogP contribution in [0.4, 0.5) is 0 Å². The van der Waals surface area contributed by atoms with Crippen molar-refractivity contribution >= 4 is 11.7 Å². The van der Waals surface area contributed by atoms with Gasteiger partial charge in [0.2, 0.25) is 0 Å². The molecule has 0 radical (unpaired) electrons. The maximum atomic E-state index is 12.8. The zero-order chi connectivity index (χ0) is 17.7. The molecule has 1 rings (SSSR count). The third kappa shape index (κ3) is 2.97. The van der Waals surface area contributed by atoms with Gasteiger partial charge in [-0.25, -0.2) is 0 Å². The molecule has 5 nitrogen and oxygen atoms in total. The summed E-state index contributed by atoms with van der Waals surface area (Å²) in [6.07, 6.45) is 1.40. The van der Waals surface area contributed by atoms with E-state index in [4.69, 9.17) is 5.73 Å². The lowest BCUT2D eigenvalue weighted by Crippen LogP contribution is -2.65. The summed E-state index contributed by atoms with van der Waals surface area (Å²) in [7, 11) is 3.57. The Bertz CT molecular complexity index is 509. The second kappa shape index (κ2) is 5.46. The molecule has 1 aliphatic carbocycles. The van der Waals surface area contributed by atoms with Gasteiger partial charge in [-0.3, -0.25) is 14.5 Å². The quantitative estimate of drug-likeness (QED) is 0.754. The minimum absolute atomic E-state index is 0.100. The lowest BCUT2D eigenvalue weighted by atomic mass is 9.55. The molecular weight excluding hydrogens is 280 g/mol. The number of Topliss-reactive ketones (excluding diaryl/α,β-unsaturated/α-hetero) is 1. The number of hydrogen-bond acceptors (Lipinski definition) is 4. The van der Waals surface area contributed by atoms with Crippen LogP contribution < -0.4 is 5.73 Å². The summed E-state index contributed by atoms with van der Waals surface area (Å²) in [5.41, 5.74) is 3.06. The summed E-state index contributed by atoms with van der Waals surface area (Å²) in [6, 6.07) is -0.600. The van der Waals surface area contributed by atoms with E-state index in [9.17, 15) is 14.7 Å². The summed E-state index contributed by atoms with van der Waals surface area (Å²) in [5, 5.41) is 11.5. The molecule has 0 fully saturated rings. The number of hydrogen-bond donors (Lipinski definition) is 2. The van der Waals surface area contributed by atoms with E-state index < -0.39 is 23.0 Å². The zero-order valence-corrected chi connectivity index (χ0v) is 15.0. The van der Waals surface area contributed by atoms with Crippen molar-refractivity contribution in [2.24, 2.45) is 22.5 Å². The highest BCUT2D eigenvalue weighted by Gasteiger charge is 2.58. The lowest BCUT2D eigenvalue weighted by molar-refractivity contribution is -0.151. The standard InChI is InChI=1S/C17H30N2O3/c1-15(2,3)13-11(19(7)8)12(20)10(14(18)21)9-17(13,22)16(4,5)6/h9,11,13,22H,1-8H3,(H2,18,21)/t11-,13?,17+/m1/s1. The first-order valence-electron chi connectivity index (χ1n) is 7.60. The molecule has 0 bridgehead atoms. The normalized spacial score (nSPS) is 30.5. The average Bonchev–Trinajstić information content (AvgIpc) is 2.27. The number of primary amides is 1. The predicted octanol–water partition coefficient (Wildman–Crippen LogP) is 1.35. The van der Waals surface area contributed by atoms with Gasteiger partial charge >= 0.3 is 0 Å². The molecule has 0 spiro atoms. The van der Waals surface area contributed by atoms with Crippen molar-refractivity contribution in [3.8, 4) is 0 Å². The Morgan fingerprint density at radius 1 is 1.23 bits per heavy atom. The fourth-order valence-corrected chi connectivity index (χ4v) is 3.47. The van der Waals surface area contributed by atoms with Gasteiger partial charge < -0.3 is 10.8 Å². The molecule has 0 aromatic rings. The van der Waals surface area contributed by atoms with E-state index in [-0.39, 0.29) is 22.7 Å². The Kier molecular flexibility index (Phi) is 4.68. The van der Waals surface area contributed by atoms with Gasteiger partial charge in [-0.05, 0) is 31.0 Å². The van der Waals surface area contributed by atoms with Crippen LogP contribution in [0.25, 0.3) is 0 Å². The van der Waals surface area contributed by atoms with E-state index in [0.717, 1.165) is 0 Å². The average molecular weight is 310 g/mol. The van der Waals surface area contributed by atoms with E-state index in [1.165, 1.54) is 6.08 Å². The van der Waals surface area contributed by atoms with Crippen LogP contribution in [0.1, 0.15) is 41.5 Å². The Labute approximate surface area is 133 Å². The summed E-state index contributed by atoms with van der Waals surface area (Å²) in [5.74, 6) is -1.47. The van der Waals surface area contributed by atoms with Crippen molar-refractivity contribution in [1.82, 2.24) is 4.90 Å². The molecule has 0 aromatic heterocycles. The summed E-state index contributed by atoms with van der Waals surface area (Å²) in [4.78, 5) is 26.2. The Hall–Kier alpha value is -1.20. The largest absolute Gasteiger partial charge is 0.385 e. The SMILES string of the molecule is CN(C)[C@@H]1C(=O)C(C(N)=O)=C[C@@](O)(C(C)(C)C)C1C(C)(C)C. The molecule has 1 aliphatic rings. The zero-order valence-electron chi connectivity index (χ0n) is 15.0. The van der Waals surface area contributed by atoms with Gasteiger partial charge in [0.15, 0.2) is 5.78 Å². The minimum atomic E-state index is -1.32. The first-order valence-corrected chi connectivity index (χ1v) is 7.60. The third-order valence-corrected chi connectivity index (χ3v) is 4.64. The topological polar surface area (TPSA) is 83.6 Å². The number of rotatable bonds is 2. The number of amides is 1. The van der Waals surface area contributed by atoms with Crippen LogP contribution in [0.2, 0.25) is 0 Å². The molecule has 0 saturated carbocycles. The molecule has 126 valence electrons. The molecular formula is C17H30N2O3. The van der Waals surface area contributed by atoms with Crippen molar-refractivity contribution < 1.29 is 14.7 Å². The second-order valence-electron chi connectivity index (χ2n) is 8.61. The number of ketones is 1. The fourth-order valence-electron chi connectivity index (χ4n) is 3.47. The predicted molar refractivity (Wildman–Crippen MR) is 87.1 cm³/mol. The van der Waals surface area contributed by atoms with Crippen molar-refractivity contribution in [1.29, 1.82) is 0 Å². The van der Waals surface area contributed by atoms with Crippen LogP contribution in [0, 0.1) is 16.7 Å². The molecule has 5 heteroatoms. The summed E-state index contributed by atoms with van der Waals surface area (Å²) in [6.45, 7) is 11.7. The maximum absolute atomic E-state index is 12.8. The highest BCUT2D eigenvalue weighted by atomic mass is 16.3. The fraction of sp³-hybridized carbons (Fsp3) is 0.765. The molecule has 0 aliphatic heterocycles. The molecule has 0 saturated heterocycles. The van der Waals surface area contributed by atoms with E-state index in [1.54, 1.807) is 19.0 Å². The minimum Gasteiger partial charge on any atom is -0.385 e. The first-order chi connectivity index (χ1) is 9.64. The van der Waals surface area contributed by atoms with Gasteiger partial charge in [-0.1, -0.05) is 41.5 Å². The Morgan fingerprint density at radius 3 is 1.95 bits per heavy atom. The van der Waals surface area contributed by atoms with Crippen molar-refractivity contribution in [3.63, 3.8) is 0 Å². The van der Waals surface area contributed by atoms with E-state index in [0.29, 0.717) is 0 Å². The number of nitrogens with zero attached hydrogens (tertiary/aromatic N) is 1. The smallest absolute Gasteiger partial charge is 0.252 e. The van der Waals surface area contributed by atoms with Crippen molar-refractivity contribution in [2.45, 2.75) is 53.2 Å². The van der Waals surface area contributed by atoms with Crippen LogP contribution in [-0.4, -0.2) is 47.4 Å². The van der Waals surface area contributed by atoms with Crippen LogP contribution >= 0.6 is 0 Å². The molecule has 22 heavy (non-hydrogen) atoms. The lowest BCUT2D eigenvalue weighted by Gasteiger charge is -2.55. The van der Waals surface area contributed by atoms with Gasteiger partial charge in [0.05, 0.1) is 17.2 Å². The molecule has 0 heterocycles. The first kappa shape index (κ1) is 18.8. The van der Waals surface area contributed by atoms with E-state index in [1.807, 2.05) is 41.5 Å². The van der Waals surface area contributed by atoms with E-state index >= 15 is 0 Å². The number of likely N-dealkylation sites (N-methyl/N-ethyl adjacent to an activating group) is 1. The van der Waals surface area contributed by atoms with Gasteiger partial charge in [-0.2, -0.15) is 0 Å². The third-order valence-electron chi connectivity index (χ3n) is 4.64. The Balaban J connectivity index is 3.75. The van der Waals surface area contributed by atoms with Crippen LogP contribution in [0.15, 0.2) is 11.6 Å². The van der Waals surface area contributed by atoms with Crippen molar-refractivity contribution in [2.75, 3.05) is 14.1 Å². The molecule has 3 atom stereocenters. The summed E-state index contributed by atoms with van der Waals surface area (Å²) < 4.78 is 0. The maximum Gasteiger partial charge on any atom is 0.252 e. The highest BCUT2D eigenvalue weighted by Crippen LogP contribution is 2.51. The molecule has 1 amide bonds. The van der Waals surface area contributed by atoms with Gasteiger partial charge in [-0.15, -0.1) is 0 Å². The van der Waals surface area contributed by atoms with Crippen LogP contribution in [0.5, 0.6) is 0 Å². The number of carbonyl (C=O) groups excluding carboxylic acids is 2.